The Labute approximate surface area is 161 Å². The average molecular weight is 391 g/mol. The molecule has 1 N–H and O–H groups in total. The Kier molecular flexibility index (Phi) is 3.94. The number of phenols is 1. The molecule has 1 aromatic rings. The van der Waals surface area contributed by atoms with Crippen LogP contribution in [0, 0.1) is 23.7 Å². The van der Waals surface area contributed by atoms with Crippen molar-refractivity contribution in [2.45, 2.75) is 43.5 Å². The van der Waals surface area contributed by atoms with Crippen LogP contribution in [0.2, 0.25) is 0 Å². The Morgan fingerprint density at radius 1 is 1.04 bits per heavy atom. The van der Waals surface area contributed by atoms with Gasteiger partial charge in [-0.1, -0.05) is 12.1 Å². The summed E-state index contributed by atoms with van der Waals surface area (Å²) in [5.41, 5.74) is 0.497. The van der Waals surface area contributed by atoms with Crippen molar-refractivity contribution in [2.24, 2.45) is 23.7 Å². The zero-order chi connectivity index (χ0) is 14.9. The number of rotatable bonds is 2. The van der Waals surface area contributed by atoms with Crippen molar-refractivity contribution in [1.29, 1.82) is 0 Å². The molecule has 121 valence electrons. The maximum Gasteiger partial charge on any atom is 0.260 e. The first-order valence-corrected chi connectivity index (χ1v) is 8.39. The van der Waals surface area contributed by atoms with E-state index in [-0.39, 0.29) is 44.1 Å². The molecule has 0 aromatic heterocycles. The van der Waals surface area contributed by atoms with Gasteiger partial charge in [0.1, 0.15) is 5.75 Å². The van der Waals surface area contributed by atoms with E-state index >= 15 is 0 Å². The Bertz CT molecular complexity index is 587. The minimum atomic E-state index is -0.867. The van der Waals surface area contributed by atoms with Crippen LogP contribution in [0.3, 0.4) is 0 Å². The van der Waals surface area contributed by atoms with Gasteiger partial charge in [0.05, 0.1) is 0 Å². The van der Waals surface area contributed by atoms with Crippen molar-refractivity contribution < 1.29 is 52.3 Å². The van der Waals surface area contributed by atoms with Gasteiger partial charge in [-0.2, -0.15) is 4.89 Å². The molecule has 1 aromatic carbocycles. The fraction of sp³-hybridized carbons (Fsp3) is 0.667. The van der Waals surface area contributed by atoms with Gasteiger partial charge in [-0.25, -0.2) is 4.89 Å². The third-order valence-electron chi connectivity index (χ3n) is 6.68. The van der Waals surface area contributed by atoms with Crippen LogP contribution in [0.5, 0.6) is 5.75 Å². The molecule has 1 radical (unpaired) electrons. The van der Waals surface area contributed by atoms with Crippen LogP contribution in [0.4, 0.5) is 0 Å². The van der Waals surface area contributed by atoms with Gasteiger partial charge in [0, 0.05) is 45.4 Å². The second kappa shape index (κ2) is 5.50. The molecule has 1 saturated heterocycles. The van der Waals surface area contributed by atoms with Crippen LogP contribution >= 0.6 is 0 Å². The van der Waals surface area contributed by atoms with Gasteiger partial charge in [-0.05, 0) is 67.9 Å². The third kappa shape index (κ3) is 1.96. The summed E-state index contributed by atoms with van der Waals surface area (Å²) in [6.07, 6.45) is 6.29. The van der Waals surface area contributed by atoms with E-state index < -0.39 is 5.79 Å². The predicted octanol–water partition coefficient (Wildman–Crippen LogP) is 3.35. The average Bonchev–Trinajstić information content (AvgIpc) is 2.46. The standard InChI is InChI=1S/C18H22O4.Y/c1-20-18(13-3-2-4-16(19)10-13)17(21-22-18)14-6-11-5-12(8-14)9-15(17)7-11;/h2-4,10-12,14-15,19H,5-9H2,1H3;. The first-order valence-electron chi connectivity index (χ1n) is 8.39. The van der Waals surface area contributed by atoms with Crippen molar-refractivity contribution >= 4 is 0 Å². The molecule has 4 aliphatic carbocycles. The first kappa shape index (κ1) is 16.5. The van der Waals surface area contributed by atoms with Crippen LogP contribution < -0.4 is 0 Å². The SMILES string of the molecule is COC1(c2cccc(O)c2)OOC12C1CC3CC(C1)CC2C3.[Y]. The molecule has 4 saturated carbocycles. The van der Waals surface area contributed by atoms with Crippen LogP contribution in [-0.2, 0) is 53.0 Å². The Hall–Kier alpha value is 0.00390. The zero-order valence-electron chi connectivity index (χ0n) is 13.4. The topological polar surface area (TPSA) is 47.9 Å². The predicted molar refractivity (Wildman–Crippen MR) is 78.7 cm³/mol. The van der Waals surface area contributed by atoms with Gasteiger partial charge in [-0.3, -0.25) is 0 Å². The summed E-state index contributed by atoms with van der Waals surface area (Å²) in [6, 6.07) is 7.24. The molecule has 23 heavy (non-hydrogen) atoms. The van der Waals surface area contributed by atoms with Gasteiger partial charge in [0.15, 0.2) is 5.60 Å². The summed E-state index contributed by atoms with van der Waals surface area (Å²) in [6.45, 7) is 0. The summed E-state index contributed by atoms with van der Waals surface area (Å²) < 4.78 is 5.94. The number of methoxy groups -OCH3 is 1. The minimum absolute atomic E-state index is 0. The molecule has 1 atom stereocenters. The smallest absolute Gasteiger partial charge is 0.260 e. The molecule has 5 fully saturated rings. The normalized spacial score (nSPS) is 46.5. The van der Waals surface area contributed by atoms with E-state index in [1.165, 1.54) is 32.1 Å². The van der Waals surface area contributed by atoms with Crippen LogP contribution in [-0.4, -0.2) is 17.8 Å². The van der Waals surface area contributed by atoms with E-state index in [0.29, 0.717) is 11.8 Å². The number of benzene rings is 1. The number of phenolic OH excluding ortho intramolecular Hbond substituents is 1. The first-order chi connectivity index (χ1) is 10.7. The molecule has 5 aliphatic rings. The molecule has 1 aliphatic heterocycles. The Morgan fingerprint density at radius 3 is 2.17 bits per heavy atom. The summed E-state index contributed by atoms with van der Waals surface area (Å²) in [5.74, 6) is 2.09. The van der Waals surface area contributed by atoms with Gasteiger partial charge < -0.3 is 9.84 Å². The second-order valence-corrected chi connectivity index (χ2v) is 7.64. The summed E-state index contributed by atoms with van der Waals surface area (Å²) in [4.78, 5) is 11.5. The Balaban J connectivity index is 0.00000135. The van der Waals surface area contributed by atoms with Crippen molar-refractivity contribution in [1.82, 2.24) is 0 Å². The van der Waals surface area contributed by atoms with E-state index in [4.69, 9.17) is 14.5 Å². The molecule has 0 amide bonds. The van der Waals surface area contributed by atoms with Crippen molar-refractivity contribution in [3.8, 4) is 5.75 Å². The van der Waals surface area contributed by atoms with Crippen LogP contribution in [0.1, 0.15) is 37.7 Å². The van der Waals surface area contributed by atoms with E-state index in [1.54, 1.807) is 19.2 Å². The summed E-state index contributed by atoms with van der Waals surface area (Å²) >= 11 is 0. The molecule has 4 nitrogen and oxygen atoms in total. The molecule has 1 heterocycles. The minimum Gasteiger partial charge on any atom is -0.508 e. The number of aromatic hydroxyl groups is 1. The number of ether oxygens (including phenoxy) is 1. The molecular formula is C18H22O4Y. The van der Waals surface area contributed by atoms with E-state index in [2.05, 4.69) is 0 Å². The van der Waals surface area contributed by atoms with Crippen LogP contribution in [0.15, 0.2) is 24.3 Å². The van der Waals surface area contributed by atoms with E-state index in [1.807, 2.05) is 12.1 Å². The van der Waals surface area contributed by atoms with Gasteiger partial charge >= 0.3 is 0 Å². The second-order valence-electron chi connectivity index (χ2n) is 7.64. The molecule has 1 unspecified atom stereocenters. The van der Waals surface area contributed by atoms with Crippen molar-refractivity contribution in [3.05, 3.63) is 29.8 Å². The van der Waals surface area contributed by atoms with Crippen molar-refractivity contribution in [3.63, 3.8) is 0 Å². The fourth-order valence-electron chi connectivity index (χ4n) is 6.07. The molecule has 5 heteroatoms. The number of hydrogen-bond acceptors (Lipinski definition) is 4. The quantitative estimate of drug-likeness (QED) is 0.786. The summed E-state index contributed by atoms with van der Waals surface area (Å²) in [5, 5.41) is 9.88. The third-order valence-corrected chi connectivity index (χ3v) is 6.68. The van der Waals surface area contributed by atoms with E-state index in [0.717, 1.165) is 17.4 Å². The van der Waals surface area contributed by atoms with Gasteiger partial charge in [-0.15, -0.1) is 0 Å². The van der Waals surface area contributed by atoms with Gasteiger partial charge in [0.2, 0.25) is 0 Å². The molecular weight excluding hydrogens is 369 g/mol. The van der Waals surface area contributed by atoms with E-state index in [9.17, 15) is 5.11 Å². The summed E-state index contributed by atoms with van der Waals surface area (Å²) in [7, 11) is 1.69. The fourth-order valence-corrected chi connectivity index (χ4v) is 6.07. The molecule has 6 rings (SSSR count). The molecule has 4 bridgehead atoms. The Morgan fingerprint density at radius 2 is 1.70 bits per heavy atom. The maximum absolute atomic E-state index is 9.88. The van der Waals surface area contributed by atoms with Crippen molar-refractivity contribution in [2.75, 3.05) is 7.11 Å². The monoisotopic (exact) mass is 391 g/mol. The number of hydrogen-bond donors (Lipinski definition) is 1. The molecule has 1 spiro atoms. The largest absolute Gasteiger partial charge is 0.508 e. The van der Waals surface area contributed by atoms with Crippen LogP contribution in [0.25, 0.3) is 0 Å². The maximum atomic E-state index is 9.88. The zero-order valence-corrected chi connectivity index (χ0v) is 16.2. The van der Waals surface area contributed by atoms with Gasteiger partial charge in [0.25, 0.3) is 5.79 Å².